The molecule has 43 heavy (non-hydrogen) atoms. The van der Waals surface area contributed by atoms with Gasteiger partial charge in [-0.05, 0) is 66.9 Å². The maximum Gasteiger partial charge on any atom is 0.310 e. The number of amides is 1. The van der Waals surface area contributed by atoms with Gasteiger partial charge < -0.3 is 14.8 Å². The standard InChI is InChI=1S/C29H28F5N5O3S/c1-19-11-20(2)27(38-7-8-39-28(38)16-26(37-39)22-5-4-6-35-17-22)15-25(19)36-29(40)23-12-21(18-42-10-9-41-3)13-24(14-23)43(30,31,32,33)34/h4-8,11-17H,9-10,18H2,1-3H3,(H,36,40). The minimum Gasteiger partial charge on any atom is -0.382 e. The summed E-state index contributed by atoms with van der Waals surface area (Å²) in [7, 11) is -8.69. The Balaban J connectivity index is 1.49. The van der Waals surface area contributed by atoms with E-state index in [1.54, 1.807) is 54.4 Å². The molecule has 0 aliphatic heterocycles. The Morgan fingerprint density at radius 2 is 1.77 bits per heavy atom. The molecule has 5 rings (SSSR count). The topological polar surface area (TPSA) is 82.7 Å². The molecule has 5 aromatic rings. The Hall–Kier alpha value is -4.27. The van der Waals surface area contributed by atoms with Crippen molar-refractivity contribution in [1.29, 1.82) is 0 Å². The smallest absolute Gasteiger partial charge is 0.310 e. The molecule has 0 aliphatic carbocycles. The van der Waals surface area contributed by atoms with Crippen molar-refractivity contribution in [2.75, 3.05) is 25.6 Å². The zero-order valence-corrected chi connectivity index (χ0v) is 24.2. The molecule has 0 fully saturated rings. The van der Waals surface area contributed by atoms with Crippen molar-refractivity contribution >= 4 is 27.5 Å². The highest BCUT2D eigenvalue weighted by atomic mass is 32.5. The van der Waals surface area contributed by atoms with Gasteiger partial charge in [0.25, 0.3) is 5.91 Å². The molecule has 0 unspecified atom stereocenters. The van der Waals surface area contributed by atoms with Crippen LogP contribution in [0.4, 0.5) is 25.1 Å². The van der Waals surface area contributed by atoms with Gasteiger partial charge in [-0.1, -0.05) is 25.5 Å². The van der Waals surface area contributed by atoms with Crippen LogP contribution >= 0.6 is 10.2 Å². The van der Waals surface area contributed by atoms with E-state index >= 15 is 0 Å². The minimum atomic E-state index is -10.1. The average Bonchev–Trinajstić information content (AvgIpc) is 3.53. The SMILES string of the molecule is COCCOCc1cc(C(=O)Nc2cc(-n3ccn4nc(-c5cccnc5)cc34)c(C)cc2C)cc(S(F)(F)(F)(F)F)c1. The number of carbonyl (C=O) groups is 1. The summed E-state index contributed by atoms with van der Waals surface area (Å²) in [5.74, 6) is -0.986. The zero-order valence-electron chi connectivity index (χ0n) is 23.4. The molecule has 14 heteroatoms. The largest absolute Gasteiger partial charge is 0.382 e. The molecule has 2 aromatic carbocycles. The molecule has 0 radical (unpaired) electrons. The number of pyridine rings is 1. The Bertz CT molecular complexity index is 1820. The number of aryl methyl sites for hydroxylation is 2. The first-order chi connectivity index (χ1) is 20.1. The fraction of sp³-hybridized carbons (Fsp3) is 0.207. The first-order valence-electron chi connectivity index (χ1n) is 13.0. The van der Waals surface area contributed by atoms with Crippen LogP contribution in [-0.4, -0.2) is 45.4 Å². The lowest BCUT2D eigenvalue weighted by Gasteiger charge is -2.40. The predicted molar refractivity (Wildman–Crippen MR) is 155 cm³/mol. The van der Waals surface area contributed by atoms with E-state index in [-0.39, 0.29) is 24.8 Å². The van der Waals surface area contributed by atoms with E-state index in [1.807, 2.05) is 23.6 Å². The lowest BCUT2D eigenvalue weighted by molar-refractivity contribution is 0.0615. The number of fused-ring (bicyclic) bond motifs is 1. The Morgan fingerprint density at radius 3 is 2.47 bits per heavy atom. The number of rotatable bonds is 10. The van der Waals surface area contributed by atoms with Crippen LogP contribution in [-0.2, 0) is 16.1 Å². The van der Waals surface area contributed by atoms with E-state index in [0.29, 0.717) is 34.3 Å². The van der Waals surface area contributed by atoms with E-state index in [0.717, 1.165) is 17.2 Å². The molecule has 1 amide bonds. The summed E-state index contributed by atoms with van der Waals surface area (Å²) < 4.78 is 82.5. The number of hydrogen-bond acceptors (Lipinski definition) is 5. The van der Waals surface area contributed by atoms with E-state index in [9.17, 15) is 24.2 Å². The van der Waals surface area contributed by atoms with Crippen molar-refractivity contribution < 1.29 is 33.7 Å². The van der Waals surface area contributed by atoms with Crippen LogP contribution in [0.3, 0.4) is 0 Å². The van der Waals surface area contributed by atoms with Gasteiger partial charge in [0.05, 0.1) is 31.2 Å². The summed E-state index contributed by atoms with van der Waals surface area (Å²) >= 11 is 0. The van der Waals surface area contributed by atoms with Gasteiger partial charge in [-0.25, -0.2) is 4.52 Å². The number of anilines is 1. The third-order valence-corrected chi connectivity index (χ3v) is 7.83. The molecule has 0 bridgehead atoms. The second-order valence-electron chi connectivity index (χ2n) is 10.0. The lowest BCUT2D eigenvalue weighted by atomic mass is 10.1. The number of halogens is 5. The molecule has 0 saturated heterocycles. The van der Waals surface area contributed by atoms with Gasteiger partial charge >= 0.3 is 10.2 Å². The summed E-state index contributed by atoms with van der Waals surface area (Å²) in [6.07, 6.45) is 6.90. The van der Waals surface area contributed by atoms with Gasteiger partial charge in [0.2, 0.25) is 0 Å². The molecule has 0 atom stereocenters. The van der Waals surface area contributed by atoms with Crippen LogP contribution in [0.5, 0.6) is 0 Å². The van der Waals surface area contributed by atoms with Crippen LogP contribution in [0.2, 0.25) is 0 Å². The highest BCUT2D eigenvalue weighted by molar-refractivity contribution is 8.45. The number of carbonyl (C=O) groups excluding carboxylic acids is 1. The van der Waals surface area contributed by atoms with Gasteiger partial charge in [-0.3, -0.25) is 14.3 Å². The number of ether oxygens (including phenoxy) is 2. The molecule has 0 saturated carbocycles. The summed E-state index contributed by atoms with van der Waals surface area (Å²) in [5, 5.41) is 7.18. The van der Waals surface area contributed by atoms with E-state index in [2.05, 4.69) is 15.4 Å². The van der Waals surface area contributed by atoms with E-state index in [1.165, 1.54) is 7.11 Å². The van der Waals surface area contributed by atoms with Crippen molar-refractivity contribution in [2.24, 2.45) is 0 Å². The molecule has 0 aliphatic rings. The molecular formula is C29H28F5N5O3S. The maximum atomic E-state index is 13.8. The summed E-state index contributed by atoms with van der Waals surface area (Å²) in [6.45, 7) is 3.35. The minimum absolute atomic E-state index is 0.0254. The average molecular weight is 622 g/mol. The number of imidazole rings is 1. The highest BCUT2D eigenvalue weighted by Gasteiger charge is 2.65. The third-order valence-electron chi connectivity index (χ3n) is 6.70. The summed E-state index contributed by atoms with van der Waals surface area (Å²) in [4.78, 5) is 15.2. The number of nitrogens with one attached hydrogen (secondary N) is 1. The molecule has 0 spiro atoms. The van der Waals surface area contributed by atoms with Gasteiger partial charge in [0.15, 0.2) is 0 Å². The Labute approximate surface area is 243 Å². The fourth-order valence-electron chi connectivity index (χ4n) is 4.60. The molecule has 3 aromatic heterocycles. The Kier molecular flexibility index (Phi) is 7.35. The number of aromatic nitrogens is 4. The second kappa shape index (κ2) is 10.5. The van der Waals surface area contributed by atoms with Crippen molar-refractivity contribution in [3.8, 4) is 16.9 Å². The Morgan fingerprint density at radius 1 is 0.977 bits per heavy atom. The monoisotopic (exact) mass is 621 g/mol. The molecular weight excluding hydrogens is 593 g/mol. The number of nitrogens with zero attached hydrogens (tertiary/aromatic N) is 4. The zero-order chi connectivity index (χ0) is 31.1. The number of benzene rings is 2. The van der Waals surface area contributed by atoms with Crippen LogP contribution < -0.4 is 5.32 Å². The molecule has 1 N–H and O–H groups in total. The van der Waals surface area contributed by atoms with Crippen LogP contribution in [0.1, 0.15) is 27.0 Å². The third kappa shape index (κ3) is 6.71. The van der Waals surface area contributed by atoms with Crippen molar-refractivity contribution in [2.45, 2.75) is 25.3 Å². The number of methoxy groups -OCH3 is 1. The van der Waals surface area contributed by atoms with Crippen molar-refractivity contribution in [3.05, 3.63) is 95.6 Å². The normalized spacial score (nSPS) is 13.6. The van der Waals surface area contributed by atoms with Gasteiger partial charge in [-0.2, -0.15) is 5.10 Å². The maximum absolute atomic E-state index is 13.8. The van der Waals surface area contributed by atoms with Gasteiger partial charge in [0.1, 0.15) is 10.5 Å². The highest BCUT2D eigenvalue weighted by Crippen LogP contribution is 3.02. The first kappa shape index (κ1) is 30.2. The van der Waals surface area contributed by atoms with Crippen molar-refractivity contribution in [3.63, 3.8) is 0 Å². The fourth-order valence-corrected chi connectivity index (χ4v) is 5.32. The summed E-state index contributed by atoms with van der Waals surface area (Å²) in [5.41, 5.74) is 3.84. The second-order valence-corrected chi connectivity index (χ2v) is 12.4. The van der Waals surface area contributed by atoms with Crippen LogP contribution in [0.15, 0.2) is 78.2 Å². The van der Waals surface area contributed by atoms with E-state index in [4.69, 9.17) is 9.47 Å². The van der Waals surface area contributed by atoms with Crippen LogP contribution in [0, 0.1) is 13.8 Å². The van der Waals surface area contributed by atoms with Gasteiger partial charge in [0, 0.05) is 54.8 Å². The van der Waals surface area contributed by atoms with Crippen LogP contribution in [0.25, 0.3) is 22.6 Å². The molecule has 3 heterocycles. The van der Waals surface area contributed by atoms with Crippen molar-refractivity contribution in [1.82, 2.24) is 19.2 Å². The number of hydrogen-bond donors (Lipinski definition) is 1. The first-order valence-corrected chi connectivity index (χ1v) is 14.9. The summed E-state index contributed by atoms with van der Waals surface area (Å²) in [6, 6.07) is 10.6. The predicted octanol–water partition coefficient (Wildman–Crippen LogP) is 7.88. The quantitative estimate of drug-likeness (QED) is 0.127. The lowest BCUT2D eigenvalue weighted by Crippen LogP contribution is -2.16. The molecule has 228 valence electrons. The van der Waals surface area contributed by atoms with Gasteiger partial charge in [-0.15, -0.1) is 0 Å². The molecule has 8 nitrogen and oxygen atoms in total. The van der Waals surface area contributed by atoms with E-state index < -0.39 is 33.2 Å².